The van der Waals surface area contributed by atoms with Gasteiger partial charge in [0.2, 0.25) is 0 Å². The van der Waals surface area contributed by atoms with Crippen molar-refractivity contribution in [3.8, 4) is 5.75 Å². The fraction of sp³-hybridized carbons (Fsp3) is 0.118. The minimum Gasteiger partial charge on any atom is -0.468 e. The number of methoxy groups -OCH3 is 1. The predicted octanol–water partition coefficient (Wildman–Crippen LogP) is 3.57. The first-order valence-corrected chi connectivity index (χ1v) is 6.29. The zero-order valence-corrected chi connectivity index (χ0v) is 11.3. The number of carbonyl (C=O) groups is 1. The molecule has 0 saturated heterocycles. The second-order valence-corrected chi connectivity index (χ2v) is 4.18. The molecule has 3 heteroatoms. The van der Waals surface area contributed by atoms with Gasteiger partial charge in [0.25, 0.3) is 0 Å². The molecule has 0 fully saturated rings. The number of benzene rings is 2. The summed E-state index contributed by atoms with van der Waals surface area (Å²) in [5, 5.41) is 0. The van der Waals surface area contributed by atoms with E-state index in [0.717, 1.165) is 5.56 Å². The summed E-state index contributed by atoms with van der Waals surface area (Å²) in [7, 11) is 1.56. The van der Waals surface area contributed by atoms with Crippen molar-refractivity contribution in [1.29, 1.82) is 0 Å². The molecule has 0 aliphatic carbocycles. The van der Waals surface area contributed by atoms with E-state index in [1.807, 2.05) is 30.3 Å². The lowest BCUT2D eigenvalue weighted by Gasteiger charge is -2.04. The van der Waals surface area contributed by atoms with E-state index in [4.69, 9.17) is 9.47 Å². The van der Waals surface area contributed by atoms with Crippen LogP contribution in [0.25, 0.3) is 6.08 Å². The molecule has 0 aliphatic heterocycles. The van der Waals surface area contributed by atoms with Gasteiger partial charge in [-0.05, 0) is 35.9 Å². The number of rotatable bonds is 6. The summed E-state index contributed by atoms with van der Waals surface area (Å²) in [6.45, 7) is 0.196. The van der Waals surface area contributed by atoms with Gasteiger partial charge in [-0.1, -0.05) is 36.4 Å². The summed E-state index contributed by atoms with van der Waals surface area (Å²) in [6, 6.07) is 16.7. The standard InChI is InChI=1S/C17H16O3/c1-19-13-20-16-10-8-15(9-11-16)17(18)12-7-14-5-3-2-4-6-14/h2-12H,13H2,1H3/b12-7+. The maximum atomic E-state index is 12.0. The van der Waals surface area contributed by atoms with Crippen molar-refractivity contribution >= 4 is 11.9 Å². The van der Waals surface area contributed by atoms with Gasteiger partial charge in [-0.2, -0.15) is 0 Å². The summed E-state index contributed by atoms with van der Waals surface area (Å²) >= 11 is 0. The van der Waals surface area contributed by atoms with Gasteiger partial charge in [-0.15, -0.1) is 0 Å². The van der Waals surface area contributed by atoms with Gasteiger partial charge >= 0.3 is 0 Å². The quantitative estimate of drug-likeness (QED) is 0.456. The van der Waals surface area contributed by atoms with Crippen LogP contribution in [0.15, 0.2) is 60.7 Å². The normalized spacial score (nSPS) is 10.7. The monoisotopic (exact) mass is 268 g/mol. The minimum atomic E-state index is -0.0351. The molecule has 0 bridgehead atoms. The summed E-state index contributed by atoms with van der Waals surface area (Å²) in [6.07, 6.45) is 3.37. The molecular formula is C17H16O3. The summed E-state index contributed by atoms with van der Waals surface area (Å²) in [5.74, 6) is 0.641. The summed E-state index contributed by atoms with van der Waals surface area (Å²) < 4.78 is 10.1. The Morgan fingerprint density at radius 2 is 1.75 bits per heavy atom. The van der Waals surface area contributed by atoms with Gasteiger partial charge < -0.3 is 9.47 Å². The van der Waals surface area contributed by atoms with Crippen LogP contribution in [-0.2, 0) is 4.74 Å². The Labute approximate surface area is 118 Å². The molecule has 0 unspecified atom stereocenters. The Bertz CT molecular complexity index is 571. The highest BCUT2D eigenvalue weighted by Crippen LogP contribution is 2.13. The Morgan fingerprint density at radius 3 is 2.40 bits per heavy atom. The first-order chi connectivity index (χ1) is 9.79. The highest BCUT2D eigenvalue weighted by atomic mass is 16.7. The Hall–Kier alpha value is -2.39. The van der Waals surface area contributed by atoms with E-state index in [1.54, 1.807) is 43.5 Å². The van der Waals surface area contributed by atoms with E-state index < -0.39 is 0 Å². The summed E-state index contributed by atoms with van der Waals surface area (Å²) in [5.41, 5.74) is 1.63. The molecule has 0 atom stereocenters. The zero-order valence-electron chi connectivity index (χ0n) is 11.3. The van der Waals surface area contributed by atoms with Crippen molar-refractivity contribution in [2.75, 3.05) is 13.9 Å². The lowest BCUT2D eigenvalue weighted by molar-refractivity contribution is 0.0511. The number of ether oxygens (including phenoxy) is 2. The molecule has 0 spiro atoms. The van der Waals surface area contributed by atoms with Crippen LogP contribution in [-0.4, -0.2) is 19.7 Å². The van der Waals surface area contributed by atoms with E-state index >= 15 is 0 Å². The zero-order chi connectivity index (χ0) is 14.2. The van der Waals surface area contributed by atoms with Crippen molar-refractivity contribution in [2.24, 2.45) is 0 Å². The predicted molar refractivity (Wildman–Crippen MR) is 78.8 cm³/mol. The van der Waals surface area contributed by atoms with Crippen molar-refractivity contribution in [2.45, 2.75) is 0 Å². The Balaban J connectivity index is 2.00. The third-order valence-electron chi connectivity index (χ3n) is 2.71. The van der Waals surface area contributed by atoms with Crippen molar-refractivity contribution in [1.82, 2.24) is 0 Å². The molecular weight excluding hydrogens is 252 g/mol. The molecule has 2 aromatic rings. The number of ketones is 1. The van der Waals surface area contributed by atoms with Crippen LogP contribution in [0.1, 0.15) is 15.9 Å². The minimum absolute atomic E-state index is 0.0351. The molecule has 0 saturated carbocycles. The highest BCUT2D eigenvalue weighted by Gasteiger charge is 2.02. The van der Waals surface area contributed by atoms with E-state index in [1.165, 1.54) is 0 Å². The van der Waals surface area contributed by atoms with Gasteiger partial charge in [0.05, 0.1) is 0 Å². The topological polar surface area (TPSA) is 35.5 Å². The molecule has 0 radical (unpaired) electrons. The van der Waals surface area contributed by atoms with E-state index in [2.05, 4.69) is 0 Å². The number of allylic oxidation sites excluding steroid dienone is 1. The van der Waals surface area contributed by atoms with E-state index in [0.29, 0.717) is 11.3 Å². The lowest BCUT2D eigenvalue weighted by atomic mass is 10.1. The molecule has 0 aromatic heterocycles. The average molecular weight is 268 g/mol. The van der Waals surface area contributed by atoms with Crippen LogP contribution >= 0.6 is 0 Å². The van der Waals surface area contributed by atoms with E-state index in [9.17, 15) is 4.79 Å². The molecule has 0 amide bonds. The van der Waals surface area contributed by atoms with Gasteiger partial charge in [0.15, 0.2) is 12.6 Å². The molecule has 3 nitrogen and oxygen atoms in total. The second-order valence-electron chi connectivity index (χ2n) is 4.18. The highest BCUT2D eigenvalue weighted by molar-refractivity contribution is 6.06. The van der Waals surface area contributed by atoms with Crippen LogP contribution in [0.4, 0.5) is 0 Å². The molecule has 0 aliphatic rings. The molecule has 0 heterocycles. The number of hydrogen-bond donors (Lipinski definition) is 0. The molecule has 20 heavy (non-hydrogen) atoms. The van der Waals surface area contributed by atoms with Gasteiger partial charge in [-0.25, -0.2) is 0 Å². The number of hydrogen-bond acceptors (Lipinski definition) is 3. The second kappa shape index (κ2) is 7.26. The van der Waals surface area contributed by atoms with Crippen LogP contribution in [0.5, 0.6) is 5.75 Å². The van der Waals surface area contributed by atoms with Gasteiger partial charge in [-0.3, -0.25) is 4.79 Å². The van der Waals surface area contributed by atoms with E-state index in [-0.39, 0.29) is 12.6 Å². The summed E-state index contributed by atoms with van der Waals surface area (Å²) in [4.78, 5) is 12.0. The molecule has 2 aromatic carbocycles. The van der Waals surface area contributed by atoms with Crippen LogP contribution in [0.2, 0.25) is 0 Å². The maximum Gasteiger partial charge on any atom is 0.188 e. The molecule has 0 N–H and O–H groups in total. The third-order valence-corrected chi connectivity index (χ3v) is 2.71. The van der Waals surface area contributed by atoms with Crippen molar-refractivity contribution < 1.29 is 14.3 Å². The van der Waals surface area contributed by atoms with Crippen LogP contribution < -0.4 is 4.74 Å². The molecule has 2 rings (SSSR count). The fourth-order valence-electron chi connectivity index (χ4n) is 1.67. The smallest absolute Gasteiger partial charge is 0.188 e. The Morgan fingerprint density at radius 1 is 1.05 bits per heavy atom. The van der Waals surface area contributed by atoms with Gasteiger partial charge in [0, 0.05) is 12.7 Å². The lowest BCUT2D eigenvalue weighted by Crippen LogP contribution is -1.99. The van der Waals surface area contributed by atoms with Crippen molar-refractivity contribution in [3.63, 3.8) is 0 Å². The molecule has 102 valence electrons. The first-order valence-electron chi connectivity index (χ1n) is 6.29. The first kappa shape index (κ1) is 14.0. The van der Waals surface area contributed by atoms with Crippen LogP contribution in [0.3, 0.4) is 0 Å². The third kappa shape index (κ3) is 4.07. The SMILES string of the molecule is COCOc1ccc(C(=O)/C=C/c2ccccc2)cc1. The van der Waals surface area contributed by atoms with Crippen molar-refractivity contribution in [3.05, 3.63) is 71.8 Å². The Kier molecular flexibility index (Phi) is 5.09. The largest absolute Gasteiger partial charge is 0.468 e. The average Bonchev–Trinajstić information content (AvgIpc) is 2.52. The maximum absolute atomic E-state index is 12.0. The number of carbonyl (C=O) groups excluding carboxylic acids is 1. The fourth-order valence-corrected chi connectivity index (χ4v) is 1.67. The van der Waals surface area contributed by atoms with Crippen LogP contribution in [0, 0.1) is 0 Å². The van der Waals surface area contributed by atoms with Gasteiger partial charge in [0.1, 0.15) is 5.75 Å².